The number of hydrogen-bond acceptors (Lipinski definition) is 5. The second kappa shape index (κ2) is 7.03. The van der Waals surface area contributed by atoms with Gasteiger partial charge in [0.2, 0.25) is 0 Å². The number of amidine groups is 1. The number of carbonyl (C=O) groups is 1. The Kier molecular flexibility index (Phi) is 4.81. The highest BCUT2D eigenvalue weighted by Gasteiger charge is 2.33. The van der Waals surface area contributed by atoms with Crippen LogP contribution in [0.5, 0.6) is 11.5 Å². The molecule has 0 aromatic heterocycles. The topological polar surface area (TPSA) is 73.6 Å². The summed E-state index contributed by atoms with van der Waals surface area (Å²) in [5, 5.41) is 18.1. The van der Waals surface area contributed by atoms with Crippen molar-refractivity contribution in [3.8, 4) is 11.5 Å². The molecule has 1 aliphatic rings. The molecule has 1 fully saturated rings. The summed E-state index contributed by atoms with van der Waals surface area (Å²) < 4.78 is 5.37. The Morgan fingerprint density at radius 1 is 1.28 bits per heavy atom. The maximum Gasteiger partial charge on any atom is 0.271 e. The number of phenols is 1. The molecule has 0 atom stereocenters. The van der Waals surface area contributed by atoms with Crippen molar-refractivity contribution >= 4 is 34.6 Å². The minimum atomic E-state index is -0.230. The lowest BCUT2D eigenvalue weighted by atomic mass is 10.1. The normalized spacial score (nSPS) is 15.9. The van der Waals surface area contributed by atoms with Gasteiger partial charge in [-0.1, -0.05) is 18.2 Å². The van der Waals surface area contributed by atoms with Crippen LogP contribution in [0.3, 0.4) is 0 Å². The number of amides is 1. The van der Waals surface area contributed by atoms with Crippen molar-refractivity contribution in [3.05, 3.63) is 58.5 Å². The van der Waals surface area contributed by atoms with Gasteiger partial charge in [-0.15, -0.1) is 0 Å². The number of nitrogens with zero attached hydrogens (tertiary/aromatic N) is 1. The largest absolute Gasteiger partial charge is 0.504 e. The first-order chi connectivity index (χ1) is 12.0. The van der Waals surface area contributed by atoms with Gasteiger partial charge in [0.05, 0.1) is 17.2 Å². The Morgan fingerprint density at radius 2 is 2.08 bits per heavy atom. The summed E-state index contributed by atoms with van der Waals surface area (Å²) in [7, 11) is 0. The first-order valence-electron chi connectivity index (χ1n) is 7.84. The average Bonchev–Trinajstić information content (AvgIpc) is 2.85. The van der Waals surface area contributed by atoms with E-state index in [-0.39, 0.29) is 16.8 Å². The van der Waals surface area contributed by atoms with Crippen LogP contribution in [0.1, 0.15) is 18.1 Å². The molecule has 3 rings (SSSR count). The number of benzene rings is 2. The number of ether oxygens (including phenoxy) is 1. The zero-order chi connectivity index (χ0) is 18.0. The lowest BCUT2D eigenvalue weighted by Gasteiger charge is -2.14. The third-order valence-corrected chi connectivity index (χ3v) is 4.55. The second-order valence-corrected chi connectivity index (χ2v) is 6.59. The SMILES string of the molecule is CCOc1cc(/C=C2\SC(=N)N(c3cccc(C)c3)C2=O)ccc1O. The molecule has 6 heteroatoms. The molecule has 0 unspecified atom stereocenters. The number of anilines is 1. The predicted molar refractivity (Wildman–Crippen MR) is 101 cm³/mol. The van der Waals surface area contributed by atoms with Crippen LogP contribution in [0.2, 0.25) is 0 Å². The van der Waals surface area contributed by atoms with Crippen molar-refractivity contribution in [3.63, 3.8) is 0 Å². The van der Waals surface area contributed by atoms with E-state index < -0.39 is 0 Å². The number of aryl methyl sites for hydroxylation is 1. The van der Waals surface area contributed by atoms with E-state index in [0.717, 1.165) is 22.9 Å². The highest BCUT2D eigenvalue weighted by molar-refractivity contribution is 8.19. The molecule has 0 saturated carbocycles. The third-order valence-electron chi connectivity index (χ3n) is 3.66. The molecule has 1 heterocycles. The van der Waals surface area contributed by atoms with Crippen LogP contribution in [0.4, 0.5) is 5.69 Å². The number of carbonyl (C=O) groups excluding carboxylic acids is 1. The van der Waals surface area contributed by atoms with Gasteiger partial charge in [0.25, 0.3) is 5.91 Å². The van der Waals surface area contributed by atoms with Gasteiger partial charge in [0.1, 0.15) is 0 Å². The van der Waals surface area contributed by atoms with Crippen LogP contribution in [0, 0.1) is 12.3 Å². The first-order valence-corrected chi connectivity index (χ1v) is 8.66. The maximum atomic E-state index is 12.7. The van der Waals surface area contributed by atoms with Crippen LogP contribution in [0.15, 0.2) is 47.4 Å². The summed E-state index contributed by atoms with van der Waals surface area (Å²) in [6, 6.07) is 12.4. The minimum absolute atomic E-state index is 0.0588. The number of phenolic OH excluding ortho intramolecular Hbond substituents is 1. The van der Waals surface area contributed by atoms with Crippen molar-refractivity contribution in [2.24, 2.45) is 0 Å². The van der Waals surface area contributed by atoms with E-state index >= 15 is 0 Å². The van der Waals surface area contributed by atoms with Gasteiger partial charge in [-0.3, -0.25) is 15.1 Å². The predicted octanol–water partition coefficient (Wildman–Crippen LogP) is 4.15. The summed E-state index contributed by atoms with van der Waals surface area (Å²) in [6.45, 7) is 4.22. The Bertz CT molecular complexity index is 877. The number of hydrogen-bond donors (Lipinski definition) is 2. The molecule has 1 saturated heterocycles. The van der Waals surface area contributed by atoms with Gasteiger partial charge < -0.3 is 9.84 Å². The van der Waals surface area contributed by atoms with Gasteiger partial charge in [0, 0.05) is 0 Å². The van der Waals surface area contributed by atoms with E-state index in [1.165, 1.54) is 11.0 Å². The summed E-state index contributed by atoms with van der Waals surface area (Å²) in [5.41, 5.74) is 2.45. The molecule has 0 aliphatic carbocycles. The zero-order valence-corrected chi connectivity index (χ0v) is 14.8. The van der Waals surface area contributed by atoms with Crippen molar-refractivity contribution in [1.82, 2.24) is 0 Å². The van der Waals surface area contributed by atoms with Crippen LogP contribution in [0.25, 0.3) is 6.08 Å². The molecule has 5 nitrogen and oxygen atoms in total. The molecule has 0 radical (unpaired) electrons. The van der Waals surface area contributed by atoms with Gasteiger partial charge in [0.15, 0.2) is 16.7 Å². The molecular formula is C19H18N2O3S. The number of rotatable bonds is 4. The standard InChI is InChI=1S/C19H18N2O3S/c1-3-24-16-10-13(7-8-15(16)22)11-17-18(23)21(19(20)25-17)14-6-4-5-12(2)9-14/h4-11,20,22H,3H2,1-2H3/b17-11-,20-19?. The summed E-state index contributed by atoms with van der Waals surface area (Å²) in [6.07, 6.45) is 1.71. The van der Waals surface area contributed by atoms with Crippen LogP contribution >= 0.6 is 11.8 Å². The van der Waals surface area contributed by atoms with Crippen molar-refractivity contribution in [2.45, 2.75) is 13.8 Å². The molecule has 2 aromatic carbocycles. The highest BCUT2D eigenvalue weighted by atomic mass is 32.2. The van der Waals surface area contributed by atoms with Crippen LogP contribution in [-0.2, 0) is 4.79 Å². The Morgan fingerprint density at radius 3 is 2.80 bits per heavy atom. The fourth-order valence-electron chi connectivity index (χ4n) is 2.53. The highest BCUT2D eigenvalue weighted by Crippen LogP contribution is 2.36. The van der Waals surface area contributed by atoms with Crippen LogP contribution in [-0.4, -0.2) is 22.8 Å². The van der Waals surface area contributed by atoms with Gasteiger partial charge >= 0.3 is 0 Å². The Labute approximate surface area is 150 Å². The van der Waals surface area contributed by atoms with Crippen LogP contribution < -0.4 is 9.64 Å². The Hall–Kier alpha value is -2.73. The monoisotopic (exact) mass is 354 g/mol. The van der Waals surface area contributed by atoms with E-state index in [1.807, 2.05) is 38.1 Å². The average molecular weight is 354 g/mol. The number of nitrogens with one attached hydrogen (secondary N) is 1. The van der Waals surface area contributed by atoms with E-state index in [9.17, 15) is 9.90 Å². The summed E-state index contributed by atoms with van der Waals surface area (Å²) in [4.78, 5) is 14.6. The second-order valence-electron chi connectivity index (χ2n) is 5.56. The lowest BCUT2D eigenvalue weighted by molar-refractivity contribution is -0.113. The molecule has 1 aliphatic heterocycles. The number of aromatic hydroxyl groups is 1. The Balaban J connectivity index is 1.92. The molecular weight excluding hydrogens is 336 g/mol. The first kappa shape index (κ1) is 17.1. The van der Waals surface area contributed by atoms with E-state index in [4.69, 9.17) is 10.1 Å². The minimum Gasteiger partial charge on any atom is -0.504 e. The zero-order valence-electron chi connectivity index (χ0n) is 13.9. The molecule has 2 N–H and O–H groups in total. The summed E-state index contributed by atoms with van der Waals surface area (Å²) in [5.74, 6) is 0.202. The van der Waals surface area contributed by atoms with E-state index in [1.54, 1.807) is 18.2 Å². The van der Waals surface area contributed by atoms with Crippen molar-refractivity contribution in [1.29, 1.82) is 5.41 Å². The lowest BCUT2D eigenvalue weighted by Crippen LogP contribution is -2.28. The molecule has 0 bridgehead atoms. The van der Waals surface area contributed by atoms with Crippen molar-refractivity contribution < 1.29 is 14.6 Å². The van der Waals surface area contributed by atoms with E-state index in [2.05, 4.69) is 0 Å². The molecule has 128 valence electrons. The molecule has 2 aromatic rings. The number of thioether (sulfide) groups is 1. The molecule has 25 heavy (non-hydrogen) atoms. The molecule has 1 amide bonds. The third kappa shape index (κ3) is 3.53. The fourth-order valence-corrected chi connectivity index (χ4v) is 3.39. The molecule has 0 spiro atoms. The quantitative estimate of drug-likeness (QED) is 0.809. The fraction of sp³-hybridized carbons (Fsp3) is 0.158. The van der Waals surface area contributed by atoms with Gasteiger partial charge in [-0.25, -0.2) is 0 Å². The van der Waals surface area contributed by atoms with Crippen molar-refractivity contribution in [2.75, 3.05) is 11.5 Å². The van der Waals surface area contributed by atoms with Gasteiger partial charge in [-0.05, 0) is 67.1 Å². The van der Waals surface area contributed by atoms with E-state index in [0.29, 0.717) is 22.9 Å². The summed E-state index contributed by atoms with van der Waals surface area (Å²) >= 11 is 1.12. The smallest absolute Gasteiger partial charge is 0.271 e. The maximum absolute atomic E-state index is 12.7. The van der Waals surface area contributed by atoms with Gasteiger partial charge in [-0.2, -0.15) is 0 Å².